The fraction of sp³-hybridized carbons (Fsp3) is 0.208. The Morgan fingerprint density at radius 3 is 1.90 bits per heavy atom. The lowest BCUT2D eigenvalue weighted by Gasteiger charge is -2.39. The third-order valence-corrected chi connectivity index (χ3v) is 7.60. The van der Waals surface area contributed by atoms with E-state index in [0.29, 0.717) is 5.75 Å². The molecule has 0 radical (unpaired) electrons. The van der Waals surface area contributed by atoms with Crippen LogP contribution in [-0.4, -0.2) is 44.8 Å². The number of nitrogens with zero attached hydrogens (tertiary/aromatic N) is 1. The molecule has 1 N–H and O–H groups in total. The molecule has 3 aromatic rings. The second-order valence-electron chi connectivity index (χ2n) is 7.45. The predicted octanol–water partition coefficient (Wildman–Crippen LogP) is 3.65. The van der Waals surface area contributed by atoms with Crippen LogP contribution in [-0.2, 0) is 9.84 Å². The maximum Gasteiger partial charge on any atom is 0.318 e. The van der Waals surface area contributed by atoms with Crippen LogP contribution in [0.1, 0.15) is 17.2 Å². The van der Waals surface area contributed by atoms with Gasteiger partial charge in [-0.15, -0.1) is 0 Å². The van der Waals surface area contributed by atoms with E-state index in [1.165, 1.54) is 24.1 Å². The number of methoxy groups -OCH3 is 1. The first-order valence-electron chi connectivity index (χ1n) is 10.0. The summed E-state index contributed by atoms with van der Waals surface area (Å²) in [6, 6.07) is 25.2. The molecule has 7 heteroatoms. The van der Waals surface area contributed by atoms with Gasteiger partial charge >= 0.3 is 6.03 Å². The summed E-state index contributed by atoms with van der Waals surface area (Å²) in [5, 5.41) is 2.44. The summed E-state index contributed by atoms with van der Waals surface area (Å²) in [7, 11) is -1.97. The zero-order valence-corrected chi connectivity index (χ0v) is 18.0. The molecule has 31 heavy (non-hydrogen) atoms. The molecule has 0 spiro atoms. The van der Waals surface area contributed by atoms with Crippen LogP contribution in [0.5, 0.6) is 5.75 Å². The smallest absolute Gasteiger partial charge is 0.318 e. The third kappa shape index (κ3) is 4.41. The van der Waals surface area contributed by atoms with Crippen molar-refractivity contribution in [3.63, 3.8) is 0 Å². The molecule has 1 heterocycles. The highest BCUT2D eigenvalue weighted by molar-refractivity contribution is 7.92. The average molecular weight is 437 g/mol. The van der Waals surface area contributed by atoms with Crippen molar-refractivity contribution in [1.29, 1.82) is 0 Å². The van der Waals surface area contributed by atoms with Crippen molar-refractivity contribution in [2.24, 2.45) is 0 Å². The number of benzene rings is 3. The monoisotopic (exact) mass is 436 g/mol. The van der Waals surface area contributed by atoms with Gasteiger partial charge in [0.1, 0.15) is 11.0 Å². The van der Waals surface area contributed by atoms with Crippen LogP contribution in [0.2, 0.25) is 0 Å². The average Bonchev–Trinajstić information content (AvgIpc) is 2.77. The molecule has 160 valence electrons. The molecule has 0 atom stereocenters. The van der Waals surface area contributed by atoms with E-state index in [-0.39, 0.29) is 30.1 Å². The van der Waals surface area contributed by atoms with E-state index in [9.17, 15) is 13.2 Å². The molecule has 1 aliphatic rings. The van der Waals surface area contributed by atoms with Gasteiger partial charge in [0.25, 0.3) is 0 Å². The van der Waals surface area contributed by atoms with Crippen molar-refractivity contribution in [3.05, 3.63) is 96.1 Å². The van der Waals surface area contributed by atoms with Gasteiger partial charge in [0.15, 0.2) is 9.84 Å². The third-order valence-electron chi connectivity index (χ3n) is 5.50. The molecule has 6 nitrogen and oxygen atoms in total. The van der Waals surface area contributed by atoms with Crippen LogP contribution in [0, 0.1) is 0 Å². The van der Waals surface area contributed by atoms with E-state index < -0.39 is 15.1 Å². The topological polar surface area (TPSA) is 75.7 Å². The lowest BCUT2D eigenvalue weighted by Crippen LogP contribution is -2.59. The molecule has 0 aliphatic carbocycles. The highest BCUT2D eigenvalue weighted by Gasteiger charge is 2.41. The SMILES string of the molecule is COc1ccc(S(=O)(=O)C2CN(C(=O)NC(c3ccccc3)c3ccccc3)C2)cc1. The van der Waals surface area contributed by atoms with E-state index in [1.807, 2.05) is 60.7 Å². The number of carbonyl (C=O) groups is 1. The quantitative estimate of drug-likeness (QED) is 0.640. The number of hydrogen-bond acceptors (Lipinski definition) is 4. The molecule has 1 aliphatic heterocycles. The number of amides is 2. The molecular formula is C24H24N2O4S. The molecule has 1 fully saturated rings. The Hall–Kier alpha value is -3.32. The lowest BCUT2D eigenvalue weighted by molar-refractivity contribution is 0.167. The number of rotatable bonds is 6. The van der Waals surface area contributed by atoms with Crippen molar-refractivity contribution < 1.29 is 17.9 Å². The van der Waals surface area contributed by atoms with E-state index >= 15 is 0 Å². The number of urea groups is 1. The largest absolute Gasteiger partial charge is 0.497 e. The second-order valence-corrected chi connectivity index (χ2v) is 9.68. The van der Waals surface area contributed by atoms with E-state index in [2.05, 4.69) is 5.32 Å². The number of hydrogen-bond donors (Lipinski definition) is 1. The summed E-state index contributed by atoms with van der Waals surface area (Å²) in [6.07, 6.45) is 0. The van der Waals surface area contributed by atoms with Gasteiger partial charge in [-0.3, -0.25) is 0 Å². The van der Waals surface area contributed by atoms with Crippen LogP contribution in [0.3, 0.4) is 0 Å². The zero-order chi connectivity index (χ0) is 21.8. The van der Waals surface area contributed by atoms with Crippen molar-refractivity contribution in [2.45, 2.75) is 16.2 Å². The van der Waals surface area contributed by atoms with Crippen LogP contribution in [0.15, 0.2) is 89.8 Å². The Balaban J connectivity index is 1.44. The molecular weight excluding hydrogens is 412 g/mol. The van der Waals surface area contributed by atoms with Gasteiger partial charge in [-0.1, -0.05) is 60.7 Å². The van der Waals surface area contributed by atoms with Crippen molar-refractivity contribution in [1.82, 2.24) is 10.2 Å². The molecule has 3 aromatic carbocycles. The predicted molar refractivity (Wildman–Crippen MR) is 119 cm³/mol. The van der Waals surface area contributed by atoms with Gasteiger partial charge in [0.2, 0.25) is 0 Å². The fourth-order valence-corrected chi connectivity index (χ4v) is 5.28. The lowest BCUT2D eigenvalue weighted by atomic mass is 9.99. The Morgan fingerprint density at radius 2 is 1.42 bits per heavy atom. The fourth-order valence-electron chi connectivity index (χ4n) is 3.62. The summed E-state index contributed by atoms with van der Waals surface area (Å²) >= 11 is 0. The molecule has 0 aromatic heterocycles. The molecule has 0 bridgehead atoms. The number of ether oxygens (including phenoxy) is 1. The standard InChI is InChI=1S/C24H24N2O4S/c1-30-20-12-14-21(15-13-20)31(28,29)22-16-26(17-22)24(27)25-23(18-8-4-2-5-9-18)19-10-6-3-7-11-19/h2-15,22-23H,16-17H2,1H3,(H,25,27). The summed E-state index contributed by atoms with van der Waals surface area (Å²) in [6.45, 7) is 0.326. The first-order chi connectivity index (χ1) is 15.0. The van der Waals surface area contributed by atoms with Crippen LogP contribution in [0.4, 0.5) is 4.79 Å². The highest BCUT2D eigenvalue weighted by Crippen LogP contribution is 2.27. The second kappa shape index (κ2) is 8.81. The Kier molecular flexibility index (Phi) is 5.95. The van der Waals surface area contributed by atoms with E-state index in [1.54, 1.807) is 12.1 Å². The molecule has 1 saturated heterocycles. The minimum absolute atomic E-state index is 0.163. The summed E-state index contributed by atoms with van der Waals surface area (Å²) in [5.41, 5.74) is 1.93. The molecule has 0 unspecified atom stereocenters. The number of carbonyl (C=O) groups excluding carboxylic acids is 1. The van der Waals surface area contributed by atoms with E-state index in [4.69, 9.17) is 4.74 Å². The van der Waals surface area contributed by atoms with E-state index in [0.717, 1.165) is 11.1 Å². The number of likely N-dealkylation sites (tertiary alicyclic amines) is 1. The van der Waals surface area contributed by atoms with Gasteiger partial charge in [-0.2, -0.15) is 0 Å². The Labute approximate surface area is 182 Å². The van der Waals surface area contributed by atoms with Crippen LogP contribution >= 0.6 is 0 Å². The van der Waals surface area contributed by atoms with Gasteiger partial charge in [0, 0.05) is 13.1 Å². The van der Waals surface area contributed by atoms with Gasteiger partial charge < -0.3 is 15.0 Å². The molecule has 0 saturated carbocycles. The van der Waals surface area contributed by atoms with Gasteiger partial charge in [-0.25, -0.2) is 13.2 Å². The Morgan fingerprint density at radius 1 is 0.903 bits per heavy atom. The van der Waals surface area contributed by atoms with Crippen molar-refractivity contribution in [3.8, 4) is 5.75 Å². The summed E-state index contributed by atoms with van der Waals surface area (Å²) in [4.78, 5) is 14.7. The number of nitrogens with one attached hydrogen (secondary N) is 1. The maximum absolute atomic E-state index is 12.9. The van der Waals surface area contributed by atoms with Crippen LogP contribution < -0.4 is 10.1 Å². The molecule has 2 amide bonds. The first-order valence-corrected chi connectivity index (χ1v) is 11.6. The summed E-state index contributed by atoms with van der Waals surface area (Å²) in [5.74, 6) is 0.599. The van der Waals surface area contributed by atoms with Crippen molar-refractivity contribution in [2.75, 3.05) is 20.2 Å². The zero-order valence-electron chi connectivity index (χ0n) is 17.1. The normalized spacial score (nSPS) is 14.2. The van der Waals surface area contributed by atoms with Crippen molar-refractivity contribution >= 4 is 15.9 Å². The van der Waals surface area contributed by atoms with Crippen LogP contribution in [0.25, 0.3) is 0 Å². The number of sulfone groups is 1. The summed E-state index contributed by atoms with van der Waals surface area (Å²) < 4.78 is 30.8. The first kappa shape index (κ1) is 20.9. The van der Waals surface area contributed by atoms with Gasteiger partial charge in [0.05, 0.1) is 18.0 Å². The Bertz CT molecular complexity index is 1090. The maximum atomic E-state index is 12.9. The minimum Gasteiger partial charge on any atom is -0.497 e. The van der Waals surface area contributed by atoms with Gasteiger partial charge in [-0.05, 0) is 35.4 Å². The minimum atomic E-state index is -3.50. The highest BCUT2D eigenvalue weighted by atomic mass is 32.2. The molecule has 4 rings (SSSR count).